The average molecular weight is 350 g/mol. The van der Waals surface area contributed by atoms with Gasteiger partial charge in [-0.2, -0.15) is 5.10 Å². The number of H-pyrrole nitrogens is 1. The lowest BCUT2D eigenvalue weighted by atomic mass is 10.2. The molecule has 4 rings (SSSR count). The van der Waals surface area contributed by atoms with Crippen molar-refractivity contribution in [3.63, 3.8) is 0 Å². The van der Waals surface area contributed by atoms with Crippen molar-refractivity contribution in [2.45, 2.75) is 26.3 Å². The van der Waals surface area contributed by atoms with Crippen LogP contribution in [0.4, 0.5) is 5.82 Å². The van der Waals surface area contributed by atoms with E-state index in [0.29, 0.717) is 6.54 Å². The first-order valence-electron chi connectivity index (χ1n) is 8.76. The smallest absolute Gasteiger partial charge is 0.163 e. The van der Waals surface area contributed by atoms with Crippen LogP contribution in [0.15, 0.2) is 30.5 Å². The van der Waals surface area contributed by atoms with Crippen LogP contribution in [0.25, 0.3) is 21.9 Å². The van der Waals surface area contributed by atoms with Gasteiger partial charge < -0.3 is 15.0 Å². The second-order valence-electron chi connectivity index (χ2n) is 6.35. The Kier molecular flexibility index (Phi) is 4.20. The molecule has 3 heterocycles. The van der Waals surface area contributed by atoms with E-state index in [1.165, 1.54) is 0 Å². The summed E-state index contributed by atoms with van der Waals surface area (Å²) >= 11 is 0. The molecule has 7 heteroatoms. The van der Waals surface area contributed by atoms with E-state index in [1.54, 1.807) is 11.8 Å². The number of methoxy groups -OCH3 is 1. The largest absolute Gasteiger partial charge is 0.497 e. The van der Waals surface area contributed by atoms with Crippen LogP contribution in [0.5, 0.6) is 5.75 Å². The number of hydrogen-bond acceptors (Lipinski definition) is 5. The van der Waals surface area contributed by atoms with E-state index in [9.17, 15) is 0 Å². The van der Waals surface area contributed by atoms with Crippen LogP contribution in [0.1, 0.15) is 24.9 Å². The Morgan fingerprint density at radius 1 is 1.23 bits per heavy atom. The van der Waals surface area contributed by atoms with E-state index < -0.39 is 0 Å². The number of rotatable bonds is 6. The van der Waals surface area contributed by atoms with Gasteiger partial charge in [0.15, 0.2) is 5.65 Å². The number of ether oxygens (including phenoxy) is 1. The molecule has 134 valence electrons. The maximum Gasteiger partial charge on any atom is 0.163 e. The van der Waals surface area contributed by atoms with Gasteiger partial charge in [0.05, 0.1) is 25.2 Å². The highest BCUT2D eigenvalue weighted by molar-refractivity contribution is 5.86. The zero-order valence-corrected chi connectivity index (χ0v) is 15.2. The molecule has 0 saturated heterocycles. The number of aromatic nitrogens is 5. The van der Waals surface area contributed by atoms with Gasteiger partial charge in [-0.05, 0) is 30.7 Å². The Bertz CT molecular complexity index is 1060. The lowest BCUT2D eigenvalue weighted by Crippen LogP contribution is -2.06. The fourth-order valence-electron chi connectivity index (χ4n) is 3.11. The van der Waals surface area contributed by atoms with Crippen molar-refractivity contribution in [2.75, 3.05) is 12.4 Å². The van der Waals surface area contributed by atoms with Gasteiger partial charge in [0.2, 0.25) is 0 Å². The maximum atomic E-state index is 5.29. The molecule has 0 amide bonds. The minimum absolute atomic E-state index is 0.642. The number of anilines is 1. The van der Waals surface area contributed by atoms with Crippen LogP contribution in [0.2, 0.25) is 0 Å². The maximum absolute atomic E-state index is 5.29. The van der Waals surface area contributed by atoms with Crippen molar-refractivity contribution >= 4 is 27.8 Å². The number of aryl methyl sites for hydroxylation is 2. The lowest BCUT2D eigenvalue weighted by molar-refractivity contribution is 0.415. The van der Waals surface area contributed by atoms with Gasteiger partial charge in [-0.3, -0.25) is 4.68 Å². The van der Waals surface area contributed by atoms with E-state index in [1.807, 2.05) is 31.4 Å². The van der Waals surface area contributed by atoms with Gasteiger partial charge in [-0.1, -0.05) is 6.92 Å². The highest BCUT2D eigenvalue weighted by atomic mass is 16.5. The van der Waals surface area contributed by atoms with E-state index in [-0.39, 0.29) is 0 Å². The molecule has 1 aromatic carbocycles. The molecule has 4 aromatic rings. The summed E-state index contributed by atoms with van der Waals surface area (Å²) in [5, 5.41) is 9.82. The second kappa shape index (κ2) is 6.67. The summed E-state index contributed by atoms with van der Waals surface area (Å²) in [4.78, 5) is 12.7. The SMILES string of the molecule is CCCc1nc(NCc2cc3cc(OC)ccc3[nH]2)c2cnn(C)c2n1. The third-order valence-corrected chi connectivity index (χ3v) is 4.44. The third kappa shape index (κ3) is 2.96. The molecule has 0 radical (unpaired) electrons. The van der Waals surface area contributed by atoms with Gasteiger partial charge in [0, 0.05) is 30.1 Å². The molecule has 26 heavy (non-hydrogen) atoms. The molecule has 0 atom stereocenters. The third-order valence-electron chi connectivity index (χ3n) is 4.44. The molecule has 7 nitrogen and oxygen atoms in total. The number of benzene rings is 1. The number of nitrogens with one attached hydrogen (secondary N) is 2. The van der Waals surface area contributed by atoms with E-state index in [4.69, 9.17) is 9.72 Å². The Morgan fingerprint density at radius 3 is 2.92 bits per heavy atom. The van der Waals surface area contributed by atoms with Gasteiger partial charge in [-0.25, -0.2) is 9.97 Å². The van der Waals surface area contributed by atoms with Gasteiger partial charge in [0.1, 0.15) is 17.4 Å². The van der Waals surface area contributed by atoms with Gasteiger partial charge >= 0.3 is 0 Å². The summed E-state index contributed by atoms with van der Waals surface area (Å²) < 4.78 is 7.08. The van der Waals surface area contributed by atoms with E-state index in [0.717, 1.165) is 57.9 Å². The Labute approximate surface area is 151 Å². The molecule has 0 aliphatic carbocycles. The highest BCUT2D eigenvalue weighted by Gasteiger charge is 2.11. The van der Waals surface area contributed by atoms with Crippen LogP contribution >= 0.6 is 0 Å². The molecule has 0 unspecified atom stereocenters. The van der Waals surface area contributed by atoms with Crippen LogP contribution in [0, 0.1) is 0 Å². The molecular formula is C19H22N6O. The predicted octanol–water partition coefficient (Wildman–Crippen LogP) is 3.42. The van der Waals surface area contributed by atoms with Crippen LogP contribution in [0.3, 0.4) is 0 Å². The van der Waals surface area contributed by atoms with Gasteiger partial charge in [0.25, 0.3) is 0 Å². The number of aromatic amines is 1. The minimum Gasteiger partial charge on any atom is -0.497 e. The first-order valence-corrected chi connectivity index (χ1v) is 8.76. The average Bonchev–Trinajstić information content (AvgIpc) is 3.23. The summed E-state index contributed by atoms with van der Waals surface area (Å²) in [7, 11) is 3.58. The minimum atomic E-state index is 0.642. The fourth-order valence-corrected chi connectivity index (χ4v) is 3.11. The molecule has 0 saturated carbocycles. The first kappa shape index (κ1) is 16.4. The Morgan fingerprint density at radius 2 is 2.12 bits per heavy atom. The number of hydrogen-bond donors (Lipinski definition) is 2. The summed E-state index contributed by atoms with van der Waals surface area (Å²) in [5.74, 6) is 2.52. The molecule has 3 aromatic heterocycles. The molecule has 0 aliphatic heterocycles. The van der Waals surface area contributed by atoms with Crippen LogP contribution < -0.4 is 10.1 Å². The van der Waals surface area contributed by atoms with Crippen LogP contribution in [-0.2, 0) is 20.0 Å². The van der Waals surface area contributed by atoms with Crippen molar-refractivity contribution in [1.82, 2.24) is 24.7 Å². The summed E-state index contributed by atoms with van der Waals surface area (Å²) in [6.45, 7) is 2.77. The topological polar surface area (TPSA) is 80.7 Å². The molecule has 2 N–H and O–H groups in total. The van der Waals surface area contributed by atoms with E-state index in [2.05, 4.69) is 33.4 Å². The monoisotopic (exact) mass is 350 g/mol. The predicted molar refractivity (Wildman–Crippen MR) is 102 cm³/mol. The second-order valence-corrected chi connectivity index (χ2v) is 6.35. The first-order chi connectivity index (χ1) is 12.7. The summed E-state index contributed by atoms with van der Waals surface area (Å²) in [5.41, 5.74) is 3.02. The number of nitrogens with zero attached hydrogens (tertiary/aromatic N) is 4. The highest BCUT2D eigenvalue weighted by Crippen LogP contribution is 2.23. The van der Waals surface area contributed by atoms with Gasteiger partial charge in [-0.15, -0.1) is 0 Å². The van der Waals surface area contributed by atoms with E-state index >= 15 is 0 Å². The number of fused-ring (bicyclic) bond motifs is 2. The quantitative estimate of drug-likeness (QED) is 0.557. The lowest BCUT2D eigenvalue weighted by Gasteiger charge is -2.08. The Hall–Kier alpha value is -3.09. The van der Waals surface area contributed by atoms with Crippen molar-refractivity contribution in [1.29, 1.82) is 0 Å². The fraction of sp³-hybridized carbons (Fsp3) is 0.316. The Balaban J connectivity index is 1.63. The van der Waals surface area contributed by atoms with Crippen molar-refractivity contribution in [2.24, 2.45) is 7.05 Å². The van der Waals surface area contributed by atoms with Crippen molar-refractivity contribution < 1.29 is 4.74 Å². The zero-order valence-electron chi connectivity index (χ0n) is 15.2. The summed E-state index contributed by atoms with van der Waals surface area (Å²) in [6, 6.07) is 8.13. The normalized spacial score (nSPS) is 11.3. The molecular weight excluding hydrogens is 328 g/mol. The molecule has 0 fully saturated rings. The van der Waals surface area contributed by atoms with Crippen molar-refractivity contribution in [3.8, 4) is 5.75 Å². The van der Waals surface area contributed by atoms with Crippen LogP contribution in [-0.4, -0.2) is 31.8 Å². The van der Waals surface area contributed by atoms with Crippen molar-refractivity contribution in [3.05, 3.63) is 42.0 Å². The zero-order chi connectivity index (χ0) is 18.1. The molecule has 0 bridgehead atoms. The molecule has 0 spiro atoms. The standard InChI is InChI=1S/C19H22N6O/c1-4-5-17-23-18(15-11-21-25(2)19(15)24-17)20-10-13-8-12-9-14(26-3)6-7-16(12)22-13/h6-9,11,22H,4-5,10H2,1-3H3,(H,20,23,24). The summed E-state index contributed by atoms with van der Waals surface area (Å²) in [6.07, 6.45) is 3.66. The molecule has 0 aliphatic rings.